The predicted molar refractivity (Wildman–Crippen MR) is 81.3 cm³/mol. The van der Waals surface area contributed by atoms with Gasteiger partial charge in [0.2, 0.25) is 0 Å². The van der Waals surface area contributed by atoms with Crippen LogP contribution in [-0.4, -0.2) is 14.4 Å². The van der Waals surface area contributed by atoms with Gasteiger partial charge in [0.1, 0.15) is 0 Å². The van der Waals surface area contributed by atoms with Gasteiger partial charge in [-0.3, -0.25) is 0 Å². The molecule has 0 aliphatic heterocycles. The molecule has 0 saturated heterocycles. The molecular formula is C16H20AlN. The fourth-order valence-electron chi connectivity index (χ4n) is 2.13. The van der Waals surface area contributed by atoms with Crippen LogP contribution in [0.1, 0.15) is 12.5 Å². The van der Waals surface area contributed by atoms with Crippen LogP contribution in [-0.2, 0) is 6.42 Å². The van der Waals surface area contributed by atoms with Crippen molar-refractivity contribution in [2.45, 2.75) is 23.9 Å². The Labute approximate surface area is 114 Å². The largest absolute Gasteiger partial charge is 0.476 e. The second-order valence-corrected chi connectivity index (χ2v) is 7.72. The lowest BCUT2D eigenvalue weighted by atomic mass is 10.2. The molecule has 18 heavy (non-hydrogen) atoms. The number of aryl methyl sites for hydroxylation is 1. The fourth-order valence-corrected chi connectivity index (χ4v) is 4.24. The molecule has 0 spiro atoms. The molecule has 0 aliphatic rings. The van der Waals surface area contributed by atoms with Crippen LogP contribution in [0.15, 0.2) is 60.7 Å². The highest BCUT2D eigenvalue weighted by atomic mass is 27.2. The van der Waals surface area contributed by atoms with E-state index in [0.29, 0.717) is 0 Å². The summed E-state index contributed by atoms with van der Waals surface area (Å²) in [6.45, 7) is 2.30. The van der Waals surface area contributed by atoms with Gasteiger partial charge in [-0.25, -0.2) is 0 Å². The highest BCUT2D eigenvalue weighted by Gasteiger charge is 2.15. The first-order chi connectivity index (χ1) is 8.88. The normalized spacial score (nSPS) is 10.1. The lowest BCUT2D eigenvalue weighted by Crippen LogP contribution is -2.23. The molecular weight excluding hydrogens is 233 g/mol. The first kappa shape index (κ1) is 13.2. The van der Waals surface area contributed by atoms with Crippen LogP contribution in [0.4, 0.5) is 5.69 Å². The molecule has 0 aliphatic carbocycles. The average molecular weight is 253 g/mol. The van der Waals surface area contributed by atoms with Gasteiger partial charge in [-0.1, -0.05) is 66.0 Å². The molecule has 0 fully saturated rings. The Balaban J connectivity index is 1.86. The minimum Gasteiger partial charge on any atom is -0.476 e. The molecule has 2 heteroatoms. The Hall–Kier alpha value is -1.23. The van der Waals surface area contributed by atoms with Crippen molar-refractivity contribution in [3.63, 3.8) is 0 Å². The second-order valence-electron chi connectivity index (χ2n) is 4.64. The van der Waals surface area contributed by atoms with Crippen LogP contribution in [0.2, 0.25) is 10.6 Å². The number of rotatable bonds is 6. The third-order valence-corrected chi connectivity index (χ3v) is 5.97. The summed E-state index contributed by atoms with van der Waals surface area (Å²) in [5, 5.41) is 2.61. The van der Waals surface area contributed by atoms with E-state index < -0.39 is 14.4 Å². The van der Waals surface area contributed by atoms with Gasteiger partial charge in [0.25, 0.3) is 0 Å². The minimum atomic E-state index is -0.859. The van der Waals surface area contributed by atoms with E-state index in [9.17, 15) is 0 Å². The summed E-state index contributed by atoms with van der Waals surface area (Å²) in [4.78, 5) is 0. The summed E-state index contributed by atoms with van der Waals surface area (Å²) in [5.41, 5.74) is 2.74. The Kier molecular flexibility index (Phi) is 5.33. The van der Waals surface area contributed by atoms with Crippen molar-refractivity contribution in [2.75, 3.05) is 4.30 Å². The van der Waals surface area contributed by atoms with E-state index in [4.69, 9.17) is 0 Å². The maximum atomic E-state index is 3.74. The average Bonchev–Trinajstić information content (AvgIpc) is 2.45. The Bertz CT molecular complexity index is 441. The monoisotopic (exact) mass is 253 g/mol. The zero-order valence-corrected chi connectivity index (χ0v) is 12.1. The van der Waals surface area contributed by atoms with Crippen molar-refractivity contribution in [3.8, 4) is 0 Å². The molecule has 0 radical (unpaired) electrons. The molecule has 0 unspecified atom stereocenters. The number of nitrogens with one attached hydrogen (secondary N) is 1. The first-order valence-electron chi connectivity index (χ1n) is 6.74. The van der Waals surface area contributed by atoms with Crippen LogP contribution in [0, 0.1) is 0 Å². The van der Waals surface area contributed by atoms with Crippen molar-refractivity contribution < 1.29 is 0 Å². The third-order valence-electron chi connectivity index (χ3n) is 3.26. The smallest absolute Gasteiger partial charge is 0.411 e. The van der Waals surface area contributed by atoms with E-state index in [0.717, 1.165) is 0 Å². The van der Waals surface area contributed by atoms with E-state index in [1.54, 1.807) is 0 Å². The second kappa shape index (κ2) is 7.26. The fraction of sp³-hybridized carbons (Fsp3) is 0.250. The van der Waals surface area contributed by atoms with Crippen molar-refractivity contribution >= 4 is 20.1 Å². The molecule has 0 amide bonds. The predicted octanol–water partition coefficient (Wildman–Crippen LogP) is 4.35. The van der Waals surface area contributed by atoms with E-state index in [2.05, 4.69) is 71.9 Å². The Morgan fingerprint density at radius 3 is 2.11 bits per heavy atom. The topological polar surface area (TPSA) is 12.0 Å². The van der Waals surface area contributed by atoms with Gasteiger partial charge in [-0.15, -0.1) is 0 Å². The van der Waals surface area contributed by atoms with Crippen LogP contribution in [0.25, 0.3) is 0 Å². The van der Waals surface area contributed by atoms with Crippen LogP contribution in [0.5, 0.6) is 0 Å². The molecule has 92 valence electrons. The first-order valence-corrected chi connectivity index (χ1v) is 8.95. The summed E-state index contributed by atoms with van der Waals surface area (Å²) >= 11 is -0.859. The van der Waals surface area contributed by atoms with Gasteiger partial charge in [0, 0.05) is 5.69 Å². The molecule has 2 aromatic rings. The molecule has 1 nitrogen and oxygen atoms in total. The van der Waals surface area contributed by atoms with Gasteiger partial charge >= 0.3 is 14.4 Å². The zero-order chi connectivity index (χ0) is 12.6. The number of anilines is 1. The molecule has 0 atom stereocenters. The summed E-state index contributed by atoms with van der Waals surface area (Å²) in [6, 6.07) is 21.4. The number of para-hydroxylation sites is 1. The number of benzene rings is 2. The molecule has 2 aromatic carbocycles. The van der Waals surface area contributed by atoms with Gasteiger partial charge < -0.3 is 4.30 Å². The zero-order valence-electron chi connectivity index (χ0n) is 11.0. The van der Waals surface area contributed by atoms with Gasteiger partial charge in [0.15, 0.2) is 0 Å². The van der Waals surface area contributed by atoms with Crippen molar-refractivity contribution in [1.29, 1.82) is 0 Å². The summed E-state index contributed by atoms with van der Waals surface area (Å²) in [6.07, 6.45) is 1.20. The summed E-state index contributed by atoms with van der Waals surface area (Å²) in [5.74, 6) is 0. The van der Waals surface area contributed by atoms with E-state index in [1.807, 2.05) is 0 Å². The molecule has 0 saturated carbocycles. The van der Waals surface area contributed by atoms with Crippen molar-refractivity contribution in [3.05, 3.63) is 66.2 Å². The summed E-state index contributed by atoms with van der Waals surface area (Å²) in [7, 11) is 0. The highest BCUT2D eigenvalue weighted by molar-refractivity contribution is 6.62. The van der Waals surface area contributed by atoms with E-state index >= 15 is 0 Å². The number of hydrogen-bond donors (Lipinski definition) is 1. The lowest BCUT2D eigenvalue weighted by molar-refractivity contribution is 1.10. The lowest BCUT2D eigenvalue weighted by Gasteiger charge is -2.13. The van der Waals surface area contributed by atoms with Crippen LogP contribution >= 0.6 is 0 Å². The van der Waals surface area contributed by atoms with Gasteiger partial charge in [-0.05, 0) is 24.1 Å². The summed E-state index contributed by atoms with van der Waals surface area (Å²) < 4.78 is 3.74. The standard InChI is InChI=1S/C8H9.C6H6N.C2H5.Al/c1-2-8-6-4-3-5-7-8;7-6-4-2-1-3-5-6;1-2;/h3-7H,1-2H2;1-5,7H;1H2,2H3;/q;-1;;+1. The van der Waals surface area contributed by atoms with Crippen molar-refractivity contribution in [1.82, 2.24) is 0 Å². The Morgan fingerprint density at radius 2 is 1.50 bits per heavy atom. The SMILES string of the molecule is C[CH2][Al]([CH2]Cc1ccccc1)[NH]c1ccccc1. The molecule has 1 N–H and O–H groups in total. The minimum absolute atomic E-state index is 0.859. The number of hydrogen-bond acceptors (Lipinski definition) is 1. The maximum absolute atomic E-state index is 3.74. The highest BCUT2D eigenvalue weighted by Crippen LogP contribution is 2.12. The van der Waals surface area contributed by atoms with Gasteiger partial charge in [-0.2, -0.15) is 0 Å². The molecule has 2 rings (SSSR count). The molecule has 0 aromatic heterocycles. The van der Waals surface area contributed by atoms with Crippen molar-refractivity contribution in [2.24, 2.45) is 0 Å². The molecule has 0 bridgehead atoms. The third kappa shape index (κ3) is 4.22. The Morgan fingerprint density at radius 1 is 0.889 bits per heavy atom. The van der Waals surface area contributed by atoms with E-state index in [-0.39, 0.29) is 0 Å². The van der Waals surface area contributed by atoms with E-state index in [1.165, 1.54) is 28.2 Å². The maximum Gasteiger partial charge on any atom is 0.411 e. The molecule has 0 heterocycles. The van der Waals surface area contributed by atoms with Crippen LogP contribution < -0.4 is 4.30 Å². The van der Waals surface area contributed by atoms with Crippen LogP contribution in [0.3, 0.4) is 0 Å². The quantitative estimate of drug-likeness (QED) is 0.754. The van der Waals surface area contributed by atoms with Gasteiger partial charge in [0.05, 0.1) is 0 Å².